The van der Waals surface area contributed by atoms with Gasteiger partial charge in [-0.2, -0.15) is 0 Å². The van der Waals surface area contributed by atoms with Crippen LogP contribution in [-0.4, -0.2) is 59.6 Å². The van der Waals surface area contributed by atoms with E-state index < -0.39 is 17.8 Å². The highest BCUT2D eigenvalue weighted by Crippen LogP contribution is 2.31. The summed E-state index contributed by atoms with van der Waals surface area (Å²) in [7, 11) is 0. The zero-order chi connectivity index (χ0) is 19.1. The van der Waals surface area contributed by atoms with Crippen LogP contribution in [0.2, 0.25) is 0 Å². The van der Waals surface area contributed by atoms with Crippen LogP contribution in [0.5, 0.6) is 5.75 Å². The molecule has 0 radical (unpaired) electrons. The van der Waals surface area contributed by atoms with Gasteiger partial charge in [-0.1, -0.05) is 19.4 Å². The summed E-state index contributed by atoms with van der Waals surface area (Å²) in [6, 6.07) is 3.07. The van der Waals surface area contributed by atoms with Gasteiger partial charge in [0.2, 0.25) is 5.91 Å². The van der Waals surface area contributed by atoms with Gasteiger partial charge in [0.05, 0.1) is 6.61 Å². The molecule has 2 rings (SSSR count). The molecule has 1 heterocycles. The number of rotatable bonds is 7. The summed E-state index contributed by atoms with van der Waals surface area (Å²) in [5, 5.41) is 9.84. The highest BCUT2D eigenvalue weighted by molar-refractivity contribution is 5.77. The second kappa shape index (κ2) is 9.52. The average Bonchev–Trinajstić information content (AvgIpc) is 2.83. The number of carboxylic acids is 1. The Kier molecular flexibility index (Phi) is 7.38. The van der Waals surface area contributed by atoms with Gasteiger partial charge in [-0.15, -0.1) is 0 Å². The minimum atomic E-state index is -1.01. The smallest absolute Gasteiger partial charge is 0.325 e. The molecule has 7 heteroatoms. The van der Waals surface area contributed by atoms with Crippen LogP contribution in [0.1, 0.15) is 44.7 Å². The molecule has 0 unspecified atom stereocenters. The fraction of sp³-hybridized carbons (Fsp3) is 0.579. The molecule has 0 bridgehead atoms. The molecule has 1 N–H and O–H groups in total. The number of carbonyl (C=O) groups excluding carboxylic acids is 1. The van der Waals surface area contributed by atoms with E-state index in [-0.39, 0.29) is 11.7 Å². The van der Waals surface area contributed by atoms with Crippen LogP contribution in [0.4, 0.5) is 4.39 Å². The van der Waals surface area contributed by atoms with Crippen molar-refractivity contribution in [3.8, 4) is 5.75 Å². The maximum atomic E-state index is 13.7. The molecular weight excluding hydrogens is 339 g/mol. The molecule has 6 nitrogen and oxygen atoms in total. The van der Waals surface area contributed by atoms with Gasteiger partial charge in [-0.3, -0.25) is 14.5 Å². The Hall–Kier alpha value is -2.15. The molecule has 1 aromatic rings. The molecule has 1 atom stereocenters. The molecule has 0 aliphatic carbocycles. The standard InChI is InChI=1S/C19H27FN2O4/c1-3-4-12-26-17-13-15(20)6-7-16(17)18(19(24)25)22-9-5-8-21(10-11-22)14(2)23/h6-7,13,18H,3-5,8-12H2,1-2H3,(H,24,25)/t18-/m1/s1. The quantitative estimate of drug-likeness (QED) is 0.752. The lowest BCUT2D eigenvalue weighted by Gasteiger charge is -2.29. The van der Waals surface area contributed by atoms with Crippen molar-refractivity contribution in [2.45, 2.75) is 39.2 Å². The molecule has 0 saturated carbocycles. The summed E-state index contributed by atoms with van der Waals surface area (Å²) in [5.74, 6) is -1.20. The van der Waals surface area contributed by atoms with E-state index in [4.69, 9.17) is 4.74 Å². The molecule has 1 aromatic carbocycles. The minimum Gasteiger partial charge on any atom is -0.493 e. The number of carbonyl (C=O) groups is 2. The summed E-state index contributed by atoms with van der Waals surface area (Å²) < 4.78 is 19.4. The molecule has 1 amide bonds. The SMILES string of the molecule is CCCCOc1cc(F)ccc1[C@H](C(=O)O)N1CCCN(C(C)=O)CC1. The van der Waals surface area contributed by atoms with Crippen molar-refractivity contribution in [1.29, 1.82) is 0 Å². The molecule has 1 aliphatic rings. The van der Waals surface area contributed by atoms with E-state index >= 15 is 0 Å². The summed E-state index contributed by atoms with van der Waals surface area (Å²) in [4.78, 5) is 27.2. The van der Waals surface area contributed by atoms with Gasteiger partial charge in [-0.05, 0) is 18.9 Å². The Morgan fingerprint density at radius 2 is 2.04 bits per heavy atom. The van der Waals surface area contributed by atoms with Crippen molar-refractivity contribution in [1.82, 2.24) is 9.80 Å². The highest BCUT2D eigenvalue weighted by atomic mass is 19.1. The zero-order valence-corrected chi connectivity index (χ0v) is 15.4. The Morgan fingerprint density at radius 3 is 2.69 bits per heavy atom. The fourth-order valence-corrected chi connectivity index (χ4v) is 3.18. The van der Waals surface area contributed by atoms with Crippen LogP contribution in [0.3, 0.4) is 0 Å². The molecule has 1 fully saturated rings. The number of hydrogen-bond acceptors (Lipinski definition) is 4. The van der Waals surface area contributed by atoms with Gasteiger partial charge < -0.3 is 14.7 Å². The Bertz CT molecular complexity index is 638. The third kappa shape index (κ3) is 5.17. The van der Waals surface area contributed by atoms with Gasteiger partial charge >= 0.3 is 5.97 Å². The van der Waals surface area contributed by atoms with Crippen LogP contribution < -0.4 is 4.74 Å². The van der Waals surface area contributed by atoms with Gasteiger partial charge in [0, 0.05) is 44.7 Å². The van der Waals surface area contributed by atoms with Gasteiger partial charge in [0.25, 0.3) is 0 Å². The van der Waals surface area contributed by atoms with Crippen molar-refractivity contribution in [2.75, 3.05) is 32.8 Å². The molecule has 26 heavy (non-hydrogen) atoms. The van der Waals surface area contributed by atoms with Crippen molar-refractivity contribution in [2.24, 2.45) is 0 Å². The fourth-order valence-electron chi connectivity index (χ4n) is 3.18. The number of unbranched alkanes of at least 4 members (excludes halogenated alkanes) is 1. The van der Waals surface area contributed by atoms with Crippen molar-refractivity contribution in [3.05, 3.63) is 29.6 Å². The largest absolute Gasteiger partial charge is 0.493 e. The first kappa shape index (κ1) is 20.2. The van der Waals surface area contributed by atoms with E-state index in [1.54, 1.807) is 4.90 Å². The molecule has 144 valence electrons. The maximum Gasteiger partial charge on any atom is 0.325 e. The number of aliphatic carboxylic acids is 1. The first-order valence-electron chi connectivity index (χ1n) is 9.08. The summed E-state index contributed by atoms with van der Waals surface area (Å²) in [5.41, 5.74) is 0.450. The Morgan fingerprint density at radius 1 is 1.27 bits per heavy atom. The molecule has 1 aliphatic heterocycles. The molecular formula is C19H27FN2O4. The predicted octanol–water partition coefficient (Wildman–Crippen LogP) is 2.68. The van der Waals surface area contributed by atoms with E-state index in [2.05, 4.69) is 0 Å². The number of hydrogen-bond donors (Lipinski definition) is 1. The van der Waals surface area contributed by atoms with E-state index in [1.807, 2.05) is 11.8 Å². The van der Waals surface area contributed by atoms with Crippen LogP contribution in [0.15, 0.2) is 18.2 Å². The Balaban J connectivity index is 2.26. The van der Waals surface area contributed by atoms with E-state index in [0.29, 0.717) is 44.8 Å². The third-order valence-corrected chi connectivity index (χ3v) is 4.60. The monoisotopic (exact) mass is 366 g/mol. The van der Waals surface area contributed by atoms with Crippen LogP contribution in [0.25, 0.3) is 0 Å². The van der Waals surface area contributed by atoms with Crippen LogP contribution in [-0.2, 0) is 9.59 Å². The highest BCUT2D eigenvalue weighted by Gasteiger charge is 2.32. The average molecular weight is 366 g/mol. The van der Waals surface area contributed by atoms with Crippen molar-refractivity contribution >= 4 is 11.9 Å². The van der Waals surface area contributed by atoms with Crippen LogP contribution in [0, 0.1) is 5.82 Å². The minimum absolute atomic E-state index is 0.0101. The lowest BCUT2D eigenvalue weighted by molar-refractivity contribution is -0.143. The lowest BCUT2D eigenvalue weighted by atomic mass is 10.0. The summed E-state index contributed by atoms with van der Waals surface area (Å²) in [6.07, 6.45) is 2.43. The van der Waals surface area contributed by atoms with E-state index in [1.165, 1.54) is 25.1 Å². The van der Waals surface area contributed by atoms with Crippen molar-refractivity contribution < 1.29 is 23.8 Å². The first-order valence-corrected chi connectivity index (χ1v) is 9.08. The second-order valence-electron chi connectivity index (χ2n) is 6.52. The number of nitrogens with zero attached hydrogens (tertiary/aromatic N) is 2. The lowest BCUT2D eigenvalue weighted by Crippen LogP contribution is -2.38. The van der Waals surface area contributed by atoms with Gasteiger partial charge in [0.1, 0.15) is 17.6 Å². The Labute approximate surface area is 153 Å². The number of benzene rings is 1. The molecule has 0 spiro atoms. The van der Waals surface area contributed by atoms with Gasteiger partial charge in [-0.25, -0.2) is 4.39 Å². The maximum absolute atomic E-state index is 13.7. The van der Waals surface area contributed by atoms with Crippen molar-refractivity contribution in [3.63, 3.8) is 0 Å². The zero-order valence-electron chi connectivity index (χ0n) is 15.4. The number of ether oxygens (including phenoxy) is 1. The predicted molar refractivity (Wildman–Crippen MR) is 95.6 cm³/mol. The van der Waals surface area contributed by atoms with Crippen LogP contribution >= 0.6 is 0 Å². The number of amides is 1. The van der Waals surface area contributed by atoms with E-state index in [9.17, 15) is 19.1 Å². The van der Waals surface area contributed by atoms with E-state index in [0.717, 1.165) is 12.8 Å². The number of carboxylic acid groups (broad SMARTS) is 1. The molecule has 0 aromatic heterocycles. The topological polar surface area (TPSA) is 70.1 Å². The second-order valence-corrected chi connectivity index (χ2v) is 6.52. The summed E-state index contributed by atoms with van der Waals surface area (Å²) in [6.45, 7) is 6.04. The van der Waals surface area contributed by atoms with Gasteiger partial charge in [0.15, 0.2) is 0 Å². The first-order chi connectivity index (χ1) is 12.4. The third-order valence-electron chi connectivity index (χ3n) is 4.60. The normalized spacial score (nSPS) is 16.8. The summed E-state index contributed by atoms with van der Waals surface area (Å²) >= 11 is 0. The number of halogens is 1. The molecule has 1 saturated heterocycles.